The summed E-state index contributed by atoms with van der Waals surface area (Å²) >= 11 is 0. The summed E-state index contributed by atoms with van der Waals surface area (Å²) in [4.78, 5) is 33.6. The topological polar surface area (TPSA) is 65.5 Å². The second kappa shape index (κ2) is 9.46. The molecule has 148 valence electrons. The Balaban J connectivity index is 1.57. The molecule has 0 aliphatic carbocycles. The summed E-state index contributed by atoms with van der Waals surface area (Å²) in [5, 5.41) is 2.89. The third-order valence-corrected chi connectivity index (χ3v) is 5.10. The number of aromatic nitrogens is 1. The molecule has 0 radical (unpaired) electrons. The standard InChI is InChI=1S/C22H28N4O2/c1-3-17(2)23-21(27)19-10-7-11-20(24-19)22(28)26-14-12-25(13-15-26)16-18-8-5-4-6-9-18/h4-11,17H,3,12-16H2,1-2H3,(H,23,27). The van der Waals surface area contributed by atoms with Crippen LogP contribution in [0.5, 0.6) is 0 Å². The first-order chi connectivity index (χ1) is 13.6. The summed E-state index contributed by atoms with van der Waals surface area (Å²) in [5.74, 6) is -0.353. The molecule has 3 rings (SSSR count). The molecular formula is C22H28N4O2. The molecule has 1 aliphatic rings. The molecule has 0 spiro atoms. The van der Waals surface area contributed by atoms with Gasteiger partial charge < -0.3 is 10.2 Å². The lowest BCUT2D eigenvalue weighted by Gasteiger charge is -2.34. The predicted octanol–water partition coefficient (Wildman–Crippen LogP) is 2.57. The van der Waals surface area contributed by atoms with E-state index in [1.165, 1.54) is 5.56 Å². The first kappa shape index (κ1) is 20.0. The van der Waals surface area contributed by atoms with Crippen LogP contribution in [-0.4, -0.2) is 58.8 Å². The van der Waals surface area contributed by atoms with Crippen molar-refractivity contribution >= 4 is 11.8 Å². The van der Waals surface area contributed by atoms with E-state index in [1.54, 1.807) is 18.2 Å². The van der Waals surface area contributed by atoms with E-state index in [0.29, 0.717) is 18.8 Å². The Kier molecular flexibility index (Phi) is 6.76. The van der Waals surface area contributed by atoms with Crippen LogP contribution >= 0.6 is 0 Å². The number of nitrogens with zero attached hydrogens (tertiary/aromatic N) is 3. The van der Waals surface area contributed by atoms with Crippen LogP contribution in [0.25, 0.3) is 0 Å². The van der Waals surface area contributed by atoms with Gasteiger partial charge >= 0.3 is 0 Å². The smallest absolute Gasteiger partial charge is 0.272 e. The number of pyridine rings is 1. The Hall–Kier alpha value is -2.73. The molecule has 28 heavy (non-hydrogen) atoms. The number of hydrogen-bond donors (Lipinski definition) is 1. The van der Waals surface area contributed by atoms with Crippen LogP contribution in [0.1, 0.15) is 46.8 Å². The molecule has 0 bridgehead atoms. The number of amides is 2. The fraction of sp³-hybridized carbons (Fsp3) is 0.409. The van der Waals surface area contributed by atoms with Crippen LogP contribution in [0.15, 0.2) is 48.5 Å². The van der Waals surface area contributed by atoms with Crippen molar-refractivity contribution in [2.75, 3.05) is 26.2 Å². The molecule has 1 atom stereocenters. The van der Waals surface area contributed by atoms with Gasteiger partial charge in [0.25, 0.3) is 11.8 Å². The zero-order valence-corrected chi connectivity index (χ0v) is 16.6. The summed E-state index contributed by atoms with van der Waals surface area (Å²) in [6.07, 6.45) is 0.845. The van der Waals surface area contributed by atoms with Crippen LogP contribution in [0.2, 0.25) is 0 Å². The Bertz CT molecular complexity index is 801. The van der Waals surface area contributed by atoms with E-state index >= 15 is 0 Å². The molecule has 1 aromatic carbocycles. The Labute approximate surface area is 166 Å². The maximum Gasteiger partial charge on any atom is 0.272 e. The number of carbonyl (C=O) groups excluding carboxylic acids is 2. The molecule has 1 aliphatic heterocycles. The minimum Gasteiger partial charge on any atom is -0.348 e. The Morgan fingerprint density at radius 2 is 1.68 bits per heavy atom. The second-order valence-electron chi connectivity index (χ2n) is 7.24. The van der Waals surface area contributed by atoms with Crippen molar-refractivity contribution in [1.82, 2.24) is 20.1 Å². The van der Waals surface area contributed by atoms with Crippen LogP contribution in [0.3, 0.4) is 0 Å². The molecule has 2 amide bonds. The molecule has 1 unspecified atom stereocenters. The van der Waals surface area contributed by atoms with E-state index in [-0.39, 0.29) is 23.6 Å². The maximum absolute atomic E-state index is 12.8. The van der Waals surface area contributed by atoms with E-state index in [1.807, 2.05) is 36.9 Å². The molecule has 1 aromatic heterocycles. The minimum atomic E-state index is -0.239. The maximum atomic E-state index is 12.8. The first-order valence-corrected chi connectivity index (χ1v) is 9.90. The number of piperazine rings is 1. The largest absolute Gasteiger partial charge is 0.348 e. The summed E-state index contributed by atoms with van der Waals surface area (Å²) in [5.41, 5.74) is 1.89. The van der Waals surface area contributed by atoms with Gasteiger partial charge in [-0.2, -0.15) is 0 Å². The lowest BCUT2D eigenvalue weighted by Crippen LogP contribution is -2.48. The van der Waals surface area contributed by atoms with Crippen LogP contribution in [0, 0.1) is 0 Å². The van der Waals surface area contributed by atoms with E-state index in [0.717, 1.165) is 26.1 Å². The molecule has 0 saturated carbocycles. The zero-order chi connectivity index (χ0) is 19.9. The molecule has 1 fully saturated rings. The second-order valence-corrected chi connectivity index (χ2v) is 7.24. The normalized spacial score (nSPS) is 15.9. The number of carbonyl (C=O) groups is 2. The van der Waals surface area contributed by atoms with E-state index < -0.39 is 0 Å². The highest BCUT2D eigenvalue weighted by Gasteiger charge is 2.23. The minimum absolute atomic E-state index is 0.0753. The average molecular weight is 380 g/mol. The van der Waals surface area contributed by atoms with E-state index in [9.17, 15) is 9.59 Å². The zero-order valence-electron chi connectivity index (χ0n) is 16.6. The van der Waals surface area contributed by atoms with Crippen molar-refractivity contribution in [3.05, 3.63) is 65.5 Å². The molecule has 1 saturated heterocycles. The lowest BCUT2D eigenvalue weighted by atomic mass is 10.2. The Morgan fingerprint density at radius 1 is 1.00 bits per heavy atom. The van der Waals surface area contributed by atoms with Gasteiger partial charge in [-0.05, 0) is 31.0 Å². The Morgan fingerprint density at radius 3 is 2.36 bits per heavy atom. The SMILES string of the molecule is CCC(C)NC(=O)c1cccc(C(=O)N2CCN(Cc3ccccc3)CC2)n1. The quantitative estimate of drug-likeness (QED) is 0.837. The summed E-state index contributed by atoms with van der Waals surface area (Å²) < 4.78 is 0. The van der Waals surface area contributed by atoms with Crippen LogP contribution < -0.4 is 5.32 Å². The fourth-order valence-electron chi connectivity index (χ4n) is 3.19. The van der Waals surface area contributed by atoms with Crippen molar-refractivity contribution in [2.24, 2.45) is 0 Å². The van der Waals surface area contributed by atoms with Gasteiger partial charge in [0.1, 0.15) is 11.4 Å². The van der Waals surface area contributed by atoms with Crippen LogP contribution in [0.4, 0.5) is 0 Å². The van der Waals surface area contributed by atoms with E-state index in [4.69, 9.17) is 0 Å². The van der Waals surface area contributed by atoms with E-state index in [2.05, 4.69) is 27.3 Å². The molecule has 1 N–H and O–H groups in total. The summed E-state index contributed by atoms with van der Waals surface area (Å²) in [7, 11) is 0. The predicted molar refractivity (Wildman–Crippen MR) is 109 cm³/mol. The summed E-state index contributed by atoms with van der Waals surface area (Å²) in [6.45, 7) is 7.83. The highest BCUT2D eigenvalue weighted by molar-refractivity contribution is 5.96. The number of rotatable bonds is 6. The first-order valence-electron chi connectivity index (χ1n) is 9.90. The van der Waals surface area contributed by atoms with Gasteiger partial charge in [0, 0.05) is 38.8 Å². The van der Waals surface area contributed by atoms with Crippen molar-refractivity contribution in [3.8, 4) is 0 Å². The average Bonchev–Trinajstić information content (AvgIpc) is 2.74. The number of benzene rings is 1. The van der Waals surface area contributed by atoms with Gasteiger partial charge in [0.15, 0.2) is 0 Å². The van der Waals surface area contributed by atoms with Crippen LogP contribution in [-0.2, 0) is 6.54 Å². The highest BCUT2D eigenvalue weighted by Crippen LogP contribution is 2.11. The van der Waals surface area contributed by atoms with Crippen molar-refractivity contribution < 1.29 is 9.59 Å². The molecule has 2 heterocycles. The number of nitrogens with one attached hydrogen (secondary N) is 1. The van der Waals surface area contributed by atoms with Gasteiger partial charge in [-0.25, -0.2) is 4.98 Å². The van der Waals surface area contributed by atoms with Gasteiger partial charge in [-0.1, -0.05) is 43.3 Å². The van der Waals surface area contributed by atoms with Gasteiger partial charge in [-0.15, -0.1) is 0 Å². The fourth-order valence-corrected chi connectivity index (χ4v) is 3.19. The number of hydrogen-bond acceptors (Lipinski definition) is 4. The van der Waals surface area contributed by atoms with Crippen molar-refractivity contribution in [2.45, 2.75) is 32.9 Å². The molecule has 2 aromatic rings. The lowest BCUT2D eigenvalue weighted by molar-refractivity contribution is 0.0622. The third-order valence-electron chi connectivity index (χ3n) is 5.10. The van der Waals surface area contributed by atoms with Gasteiger partial charge in [-0.3, -0.25) is 14.5 Å². The van der Waals surface area contributed by atoms with Gasteiger partial charge in [0.2, 0.25) is 0 Å². The molecule has 6 nitrogen and oxygen atoms in total. The molecule has 6 heteroatoms. The highest BCUT2D eigenvalue weighted by atomic mass is 16.2. The van der Waals surface area contributed by atoms with Crippen molar-refractivity contribution in [3.63, 3.8) is 0 Å². The monoisotopic (exact) mass is 380 g/mol. The van der Waals surface area contributed by atoms with Gasteiger partial charge in [0.05, 0.1) is 0 Å². The third kappa shape index (κ3) is 5.16. The summed E-state index contributed by atoms with van der Waals surface area (Å²) in [6, 6.07) is 15.5. The van der Waals surface area contributed by atoms with Crippen molar-refractivity contribution in [1.29, 1.82) is 0 Å². The molecular weight excluding hydrogens is 352 g/mol.